The van der Waals surface area contributed by atoms with Crippen LogP contribution in [0.2, 0.25) is 0 Å². The van der Waals surface area contributed by atoms with E-state index in [1.165, 1.54) is 7.11 Å². The second-order valence-electron chi connectivity index (χ2n) is 7.00. The number of methoxy groups -OCH3 is 1. The molecule has 3 rings (SSSR count). The van der Waals surface area contributed by atoms with E-state index in [0.717, 1.165) is 11.1 Å². The van der Waals surface area contributed by atoms with Crippen LogP contribution in [0.25, 0.3) is 0 Å². The third kappa shape index (κ3) is 4.93. The van der Waals surface area contributed by atoms with Gasteiger partial charge in [-0.2, -0.15) is 0 Å². The van der Waals surface area contributed by atoms with E-state index in [0.29, 0.717) is 23.5 Å². The SMILES string of the molecule is COC(=O)c1cc(CN(C)C(=O)CC(c2ccccc2)c2ccccc2)oc1C. The van der Waals surface area contributed by atoms with Crippen LogP contribution in [0, 0.1) is 6.92 Å². The molecule has 2 aromatic carbocycles. The molecule has 0 saturated carbocycles. The Hall–Kier alpha value is -3.34. The van der Waals surface area contributed by atoms with Gasteiger partial charge in [-0.05, 0) is 24.1 Å². The van der Waals surface area contributed by atoms with E-state index < -0.39 is 5.97 Å². The summed E-state index contributed by atoms with van der Waals surface area (Å²) in [4.78, 5) is 26.4. The number of esters is 1. The molecule has 0 N–H and O–H groups in total. The number of hydrogen-bond acceptors (Lipinski definition) is 4. The van der Waals surface area contributed by atoms with E-state index in [4.69, 9.17) is 9.15 Å². The molecule has 3 aromatic rings. The average molecular weight is 391 g/mol. The number of benzene rings is 2. The highest BCUT2D eigenvalue weighted by molar-refractivity contribution is 5.90. The molecular formula is C24H25NO4. The quantitative estimate of drug-likeness (QED) is 0.554. The van der Waals surface area contributed by atoms with Crippen LogP contribution in [0.15, 0.2) is 71.1 Å². The molecule has 0 bridgehead atoms. The van der Waals surface area contributed by atoms with Crippen molar-refractivity contribution in [2.75, 3.05) is 14.2 Å². The maximum absolute atomic E-state index is 13.0. The minimum atomic E-state index is -0.445. The minimum absolute atomic E-state index is 0.00335. The molecular weight excluding hydrogens is 366 g/mol. The van der Waals surface area contributed by atoms with E-state index in [9.17, 15) is 9.59 Å². The molecule has 0 unspecified atom stereocenters. The monoisotopic (exact) mass is 391 g/mol. The standard InChI is InChI=1S/C24H25NO4/c1-17-21(24(27)28-3)14-20(29-17)16-25(2)23(26)15-22(18-10-6-4-7-11-18)19-12-8-5-9-13-19/h4-14,22H,15-16H2,1-3H3. The lowest BCUT2D eigenvalue weighted by molar-refractivity contribution is -0.130. The maximum atomic E-state index is 13.0. The number of nitrogens with zero attached hydrogens (tertiary/aromatic N) is 1. The average Bonchev–Trinajstić information content (AvgIpc) is 3.12. The van der Waals surface area contributed by atoms with Crippen molar-refractivity contribution in [1.29, 1.82) is 0 Å². The molecule has 0 radical (unpaired) electrons. The fourth-order valence-electron chi connectivity index (χ4n) is 3.39. The molecule has 0 spiro atoms. The Balaban J connectivity index is 1.75. The van der Waals surface area contributed by atoms with Crippen molar-refractivity contribution >= 4 is 11.9 Å². The van der Waals surface area contributed by atoms with Gasteiger partial charge in [-0.1, -0.05) is 60.7 Å². The van der Waals surface area contributed by atoms with Crippen LogP contribution in [0.4, 0.5) is 0 Å². The second kappa shape index (κ2) is 9.24. The molecule has 5 heteroatoms. The Morgan fingerprint density at radius 1 is 1.00 bits per heavy atom. The summed E-state index contributed by atoms with van der Waals surface area (Å²) in [5, 5.41) is 0. The highest BCUT2D eigenvalue weighted by Gasteiger charge is 2.22. The van der Waals surface area contributed by atoms with Crippen molar-refractivity contribution in [3.8, 4) is 0 Å². The number of hydrogen-bond donors (Lipinski definition) is 0. The summed E-state index contributed by atoms with van der Waals surface area (Å²) in [6, 6.07) is 21.7. The summed E-state index contributed by atoms with van der Waals surface area (Å²) in [6.45, 7) is 1.99. The maximum Gasteiger partial charge on any atom is 0.341 e. The predicted octanol–water partition coefficient (Wildman–Crippen LogP) is 4.56. The zero-order valence-electron chi connectivity index (χ0n) is 16.9. The van der Waals surface area contributed by atoms with Crippen LogP contribution in [0.1, 0.15) is 45.3 Å². The first-order valence-electron chi connectivity index (χ1n) is 9.51. The van der Waals surface area contributed by atoms with Gasteiger partial charge in [0.05, 0.1) is 13.7 Å². The van der Waals surface area contributed by atoms with Gasteiger partial charge in [0.2, 0.25) is 5.91 Å². The van der Waals surface area contributed by atoms with Crippen LogP contribution in [0.5, 0.6) is 0 Å². The number of aryl methyl sites for hydroxylation is 1. The van der Waals surface area contributed by atoms with Crippen LogP contribution < -0.4 is 0 Å². The Morgan fingerprint density at radius 3 is 2.07 bits per heavy atom. The van der Waals surface area contributed by atoms with Crippen molar-refractivity contribution in [2.24, 2.45) is 0 Å². The summed E-state index contributed by atoms with van der Waals surface area (Å²) >= 11 is 0. The molecule has 1 amide bonds. The van der Waals surface area contributed by atoms with Crippen molar-refractivity contribution in [1.82, 2.24) is 4.90 Å². The van der Waals surface area contributed by atoms with Crippen LogP contribution in [-0.4, -0.2) is 30.9 Å². The van der Waals surface area contributed by atoms with Crippen LogP contribution in [0.3, 0.4) is 0 Å². The van der Waals surface area contributed by atoms with Gasteiger partial charge in [-0.15, -0.1) is 0 Å². The molecule has 1 aromatic heterocycles. The van der Waals surface area contributed by atoms with E-state index in [1.54, 1.807) is 24.9 Å². The third-order valence-corrected chi connectivity index (χ3v) is 4.98. The molecule has 0 fully saturated rings. The summed E-state index contributed by atoms with van der Waals surface area (Å²) in [7, 11) is 3.07. The van der Waals surface area contributed by atoms with Crippen LogP contribution in [-0.2, 0) is 16.1 Å². The molecule has 0 aliphatic rings. The lowest BCUT2D eigenvalue weighted by atomic mass is 9.88. The van der Waals surface area contributed by atoms with Gasteiger partial charge in [-0.3, -0.25) is 4.79 Å². The highest BCUT2D eigenvalue weighted by Crippen LogP contribution is 2.29. The Bertz CT molecular complexity index is 924. The van der Waals surface area contributed by atoms with Gasteiger partial charge in [0.25, 0.3) is 0 Å². The number of carbonyl (C=O) groups excluding carboxylic acids is 2. The van der Waals surface area contributed by atoms with Crippen molar-refractivity contribution in [2.45, 2.75) is 25.8 Å². The smallest absolute Gasteiger partial charge is 0.341 e. The lowest BCUT2D eigenvalue weighted by Gasteiger charge is -2.22. The van der Waals surface area contributed by atoms with Gasteiger partial charge in [0.15, 0.2) is 0 Å². The van der Waals surface area contributed by atoms with E-state index in [2.05, 4.69) is 0 Å². The first-order chi connectivity index (χ1) is 14.0. The van der Waals surface area contributed by atoms with E-state index in [1.807, 2.05) is 60.7 Å². The van der Waals surface area contributed by atoms with Crippen LogP contribution >= 0.6 is 0 Å². The normalized spacial score (nSPS) is 10.8. The van der Waals surface area contributed by atoms with Crippen molar-refractivity contribution in [3.63, 3.8) is 0 Å². The molecule has 1 heterocycles. The summed E-state index contributed by atoms with van der Waals surface area (Å²) in [6.07, 6.45) is 0.341. The summed E-state index contributed by atoms with van der Waals surface area (Å²) < 4.78 is 10.4. The number of ether oxygens (including phenoxy) is 1. The highest BCUT2D eigenvalue weighted by atomic mass is 16.5. The third-order valence-electron chi connectivity index (χ3n) is 4.98. The van der Waals surface area contributed by atoms with Crippen molar-refractivity contribution in [3.05, 3.63) is 94.9 Å². The van der Waals surface area contributed by atoms with E-state index in [-0.39, 0.29) is 18.4 Å². The Morgan fingerprint density at radius 2 is 1.55 bits per heavy atom. The molecule has 5 nitrogen and oxygen atoms in total. The molecule has 0 aliphatic heterocycles. The minimum Gasteiger partial charge on any atom is -0.465 e. The largest absolute Gasteiger partial charge is 0.465 e. The number of amides is 1. The predicted molar refractivity (Wildman–Crippen MR) is 111 cm³/mol. The fourth-order valence-corrected chi connectivity index (χ4v) is 3.39. The van der Waals surface area contributed by atoms with Gasteiger partial charge >= 0.3 is 5.97 Å². The lowest BCUT2D eigenvalue weighted by Crippen LogP contribution is -2.27. The molecule has 0 aliphatic carbocycles. The summed E-state index contributed by atoms with van der Waals surface area (Å²) in [5.41, 5.74) is 2.58. The zero-order valence-corrected chi connectivity index (χ0v) is 16.9. The molecule has 0 atom stereocenters. The number of rotatable bonds is 7. The summed E-state index contributed by atoms with van der Waals surface area (Å²) in [5.74, 6) is 0.557. The van der Waals surface area contributed by atoms with Gasteiger partial charge in [0.1, 0.15) is 17.1 Å². The number of carbonyl (C=O) groups is 2. The van der Waals surface area contributed by atoms with Gasteiger partial charge in [-0.25, -0.2) is 4.79 Å². The van der Waals surface area contributed by atoms with Gasteiger partial charge in [0, 0.05) is 19.4 Å². The number of furan rings is 1. The topological polar surface area (TPSA) is 59.8 Å². The Kier molecular flexibility index (Phi) is 6.50. The first-order valence-corrected chi connectivity index (χ1v) is 9.51. The fraction of sp³-hybridized carbons (Fsp3) is 0.250. The second-order valence-corrected chi connectivity index (χ2v) is 7.00. The zero-order chi connectivity index (χ0) is 20.8. The molecule has 29 heavy (non-hydrogen) atoms. The van der Waals surface area contributed by atoms with Gasteiger partial charge < -0.3 is 14.1 Å². The Labute approximate surface area is 170 Å². The first kappa shape index (κ1) is 20.4. The molecule has 0 saturated heterocycles. The molecule has 150 valence electrons. The van der Waals surface area contributed by atoms with E-state index >= 15 is 0 Å². The van der Waals surface area contributed by atoms with Crippen molar-refractivity contribution < 1.29 is 18.7 Å².